The minimum atomic E-state index is -0.579. The van der Waals surface area contributed by atoms with Gasteiger partial charge in [-0.3, -0.25) is 0 Å². The maximum Gasteiger partial charge on any atom is 0.119 e. The van der Waals surface area contributed by atoms with Gasteiger partial charge >= 0.3 is 0 Å². The van der Waals surface area contributed by atoms with E-state index in [0.717, 1.165) is 18.6 Å². The third-order valence-corrected chi connectivity index (χ3v) is 3.95. The molecule has 0 saturated heterocycles. The van der Waals surface area contributed by atoms with Crippen molar-refractivity contribution in [2.75, 3.05) is 20.3 Å². The van der Waals surface area contributed by atoms with E-state index in [2.05, 4.69) is 17.4 Å². The van der Waals surface area contributed by atoms with Crippen LogP contribution in [0, 0.1) is 0 Å². The van der Waals surface area contributed by atoms with E-state index >= 15 is 0 Å². The number of rotatable bonds is 6. The molecule has 1 aliphatic carbocycles. The van der Waals surface area contributed by atoms with Gasteiger partial charge in [-0.25, -0.2) is 0 Å². The molecule has 4 heteroatoms. The molecule has 0 amide bonds. The van der Waals surface area contributed by atoms with Gasteiger partial charge in [0.2, 0.25) is 0 Å². The average molecular weight is 265 g/mol. The van der Waals surface area contributed by atoms with Gasteiger partial charge in [-0.2, -0.15) is 0 Å². The molecule has 1 fully saturated rings. The van der Waals surface area contributed by atoms with Gasteiger partial charge in [0, 0.05) is 6.04 Å². The van der Waals surface area contributed by atoms with Gasteiger partial charge in [-0.15, -0.1) is 0 Å². The second-order valence-electron chi connectivity index (χ2n) is 5.66. The fraction of sp³-hybridized carbons (Fsp3) is 0.600. The highest BCUT2D eigenvalue weighted by Crippen LogP contribution is 2.38. The molecular weight excluding hydrogens is 242 g/mol. The number of aliphatic hydroxyl groups excluding tert-OH is 2. The summed E-state index contributed by atoms with van der Waals surface area (Å²) < 4.78 is 5.23. The van der Waals surface area contributed by atoms with Crippen LogP contribution in [0.2, 0.25) is 0 Å². The number of hydrogen-bond acceptors (Lipinski definition) is 4. The quantitative estimate of drug-likeness (QED) is 0.725. The number of aliphatic hydroxyl groups is 2. The van der Waals surface area contributed by atoms with E-state index in [1.807, 2.05) is 19.1 Å². The minimum absolute atomic E-state index is 0.0518. The summed E-state index contributed by atoms with van der Waals surface area (Å²) in [6, 6.07) is 8.53. The lowest BCUT2D eigenvalue weighted by molar-refractivity contribution is 0.0780. The molecule has 0 spiro atoms. The fourth-order valence-electron chi connectivity index (χ4n) is 2.54. The van der Waals surface area contributed by atoms with Gasteiger partial charge < -0.3 is 20.3 Å². The van der Waals surface area contributed by atoms with Gasteiger partial charge in [-0.05, 0) is 43.4 Å². The molecule has 0 radical (unpaired) electrons. The molecule has 106 valence electrons. The highest BCUT2D eigenvalue weighted by Gasteiger charge is 2.35. The van der Waals surface area contributed by atoms with Crippen molar-refractivity contribution < 1.29 is 14.9 Å². The summed E-state index contributed by atoms with van der Waals surface area (Å²) in [4.78, 5) is 0. The Balaban J connectivity index is 1.89. The van der Waals surface area contributed by atoms with Crippen molar-refractivity contribution in [3.05, 3.63) is 29.8 Å². The topological polar surface area (TPSA) is 61.7 Å². The standard InChI is InChI=1S/C15H23NO3/c1-15(9-17,10-18)16-13-6-12(7-13)11-4-3-5-14(8-11)19-2/h3-5,8,12-13,16-18H,6-7,9-10H2,1-2H3. The Labute approximate surface area is 114 Å². The maximum atomic E-state index is 9.27. The first-order chi connectivity index (χ1) is 9.10. The first kappa shape index (κ1) is 14.3. The van der Waals surface area contributed by atoms with Gasteiger partial charge in [0.15, 0.2) is 0 Å². The molecule has 0 heterocycles. The summed E-state index contributed by atoms with van der Waals surface area (Å²) in [6.07, 6.45) is 2.06. The summed E-state index contributed by atoms with van der Waals surface area (Å²) in [5.74, 6) is 1.43. The van der Waals surface area contributed by atoms with Crippen LogP contribution in [0.4, 0.5) is 0 Å². The molecule has 0 unspecified atom stereocenters. The zero-order valence-corrected chi connectivity index (χ0v) is 11.6. The van der Waals surface area contributed by atoms with E-state index in [9.17, 15) is 10.2 Å². The number of hydrogen-bond donors (Lipinski definition) is 3. The third kappa shape index (κ3) is 3.26. The fourth-order valence-corrected chi connectivity index (χ4v) is 2.54. The molecule has 0 atom stereocenters. The van der Waals surface area contributed by atoms with Crippen molar-refractivity contribution in [1.82, 2.24) is 5.32 Å². The lowest BCUT2D eigenvalue weighted by Crippen LogP contribution is -2.56. The molecule has 3 N–H and O–H groups in total. The van der Waals surface area contributed by atoms with Gasteiger partial charge in [0.25, 0.3) is 0 Å². The molecule has 1 aromatic carbocycles. The SMILES string of the molecule is COc1cccc(C2CC(NC(C)(CO)CO)C2)c1. The molecule has 19 heavy (non-hydrogen) atoms. The van der Waals surface area contributed by atoms with Crippen LogP contribution in [0.1, 0.15) is 31.2 Å². The number of methoxy groups -OCH3 is 1. The van der Waals surface area contributed by atoms with Crippen LogP contribution in [0.5, 0.6) is 5.75 Å². The first-order valence-electron chi connectivity index (χ1n) is 6.73. The smallest absolute Gasteiger partial charge is 0.119 e. The van der Waals surface area contributed by atoms with Crippen LogP contribution in [0.25, 0.3) is 0 Å². The maximum absolute atomic E-state index is 9.27. The predicted octanol–water partition coefficient (Wildman–Crippen LogP) is 1.27. The summed E-state index contributed by atoms with van der Waals surface area (Å²) >= 11 is 0. The van der Waals surface area contributed by atoms with Gasteiger partial charge in [0.1, 0.15) is 5.75 Å². The number of benzene rings is 1. The molecule has 1 aromatic rings. The Morgan fingerprint density at radius 1 is 1.32 bits per heavy atom. The van der Waals surface area contributed by atoms with E-state index < -0.39 is 5.54 Å². The van der Waals surface area contributed by atoms with Crippen LogP contribution in [-0.2, 0) is 0 Å². The Morgan fingerprint density at radius 2 is 2.00 bits per heavy atom. The highest BCUT2D eigenvalue weighted by molar-refractivity contribution is 5.32. The molecule has 1 aliphatic rings. The van der Waals surface area contributed by atoms with Crippen LogP contribution in [-0.4, -0.2) is 42.1 Å². The van der Waals surface area contributed by atoms with Crippen LogP contribution in [0.3, 0.4) is 0 Å². The van der Waals surface area contributed by atoms with E-state index in [1.165, 1.54) is 5.56 Å². The number of ether oxygens (including phenoxy) is 1. The molecule has 0 aromatic heterocycles. The van der Waals surface area contributed by atoms with Crippen LogP contribution in [0.15, 0.2) is 24.3 Å². The molecule has 0 aliphatic heterocycles. The molecule has 1 saturated carbocycles. The minimum Gasteiger partial charge on any atom is -0.497 e. The van der Waals surface area contributed by atoms with Crippen molar-refractivity contribution >= 4 is 0 Å². The Bertz CT molecular complexity index is 412. The molecule has 4 nitrogen and oxygen atoms in total. The second kappa shape index (κ2) is 5.90. The van der Waals surface area contributed by atoms with E-state index in [-0.39, 0.29) is 13.2 Å². The van der Waals surface area contributed by atoms with Gasteiger partial charge in [0.05, 0.1) is 25.9 Å². The average Bonchev–Trinajstić information content (AvgIpc) is 2.42. The van der Waals surface area contributed by atoms with Gasteiger partial charge in [-0.1, -0.05) is 12.1 Å². The third-order valence-electron chi connectivity index (χ3n) is 3.95. The first-order valence-corrected chi connectivity index (χ1v) is 6.73. The second-order valence-corrected chi connectivity index (χ2v) is 5.66. The Kier molecular flexibility index (Phi) is 4.45. The molecule has 0 bridgehead atoms. The highest BCUT2D eigenvalue weighted by atomic mass is 16.5. The lowest BCUT2D eigenvalue weighted by atomic mass is 9.75. The zero-order chi connectivity index (χ0) is 13.9. The van der Waals surface area contributed by atoms with Crippen molar-refractivity contribution in [2.24, 2.45) is 0 Å². The lowest BCUT2D eigenvalue weighted by Gasteiger charge is -2.41. The monoisotopic (exact) mass is 265 g/mol. The Hall–Kier alpha value is -1.10. The van der Waals surface area contributed by atoms with Crippen LogP contribution < -0.4 is 10.1 Å². The van der Waals surface area contributed by atoms with Crippen molar-refractivity contribution in [1.29, 1.82) is 0 Å². The summed E-state index contributed by atoms with van der Waals surface area (Å²) in [7, 11) is 1.68. The Morgan fingerprint density at radius 3 is 2.58 bits per heavy atom. The van der Waals surface area contributed by atoms with E-state index in [4.69, 9.17) is 4.74 Å². The summed E-state index contributed by atoms with van der Waals surface area (Å²) in [6.45, 7) is 1.74. The van der Waals surface area contributed by atoms with E-state index in [1.54, 1.807) is 7.11 Å². The van der Waals surface area contributed by atoms with Crippen molar-refractivity contribution in [3.8, 4) is 5.75 Å². The van der Waals surface area contributed by atoms with E-state index in [0.29, 0.717) is 12.0 Å². The molecular formula is C15H23NO3. The van der Waals surface area contributed by atoms with Crippen molar-refractivity contribution in [2.45, 2.75) is 37.3 Å². The normalized spacial score (nSPS) is 22.9. The number of nitrogens with one attached hydrogen (secondary N) is 1. The summed E-state index contributed by atoms with van der Waals surface area (Å²) in [5, 5.41) is 21.9. The van der Waals surface area contributed by atoms with Crippen LogP contribution >= 0.6 is 0 Å². The summed E-state index contributed by atoms with van der Waals surface area (Å²) in [5.41, 5.74) is 0.719. The zero-order valence-electron chi connectivity index (χ0n) is 11.6. The largest absolute Gasteiger partial charge is 0.497 e. The molecule has 2 rings (SSSR count). The van der Waals surface area contributed by atoms with Crippen molar-refractivity contribution in [3.63, 3.8) is 0 Å². The predicted molar refractivity (Wildman–Crippen MR) is 74.5 cm³/mol.